The van der Waals surface area contributed by atoms with Gasteiger partial charge in [-0.1, -0.05) is 54.1 Å². The molecular weight excluding hydrogens is 432 g/mol. The van der Waals surface area contributed by atoms with Gasteiger partial charge in [0.1, 0.15) is 6.10 Å². The molecule has 0 spiro atoms. The summed E-state index contributed by atoms with van der Waals surface area (Å²) in [5, 5.41) is 25.3. The molecule has 0 amide bonds. The quantitative estimate of drug-likeness (QED) is 0.491. The molecular formula is C24H33ClN2O5. The van der Waals surface area contributed by atoms with Crippen molar-refractivity contribution in [3.63, 3.8) is 0 Å². The van der Waals surface area contributed by atoms with E-state index in [-0.39, 0.29) is 12.6 Å². The second-order valence-electron chi connectivity index (χ2n) is 7.59. The third-order valence-electron chi connectivity index (χ3n) is 5.22. The molecule has 1 saturated heterocycles. The van der Waals surface area contributed by atoms with Crippen molar-refractivity contribution in [2.45, 2.75) is 19.1 Å². The normalized spacial score (nSPS) is 16.6. The number of hydrogen-bond acceptors (Lipinski definition) is 6. The van der Waals surface area contributed by atoms with E-state index in [0.29, 0.717) is 13.2 Å². The first kappa shape index (κ1) is 26.3. The molecule has 2 aromatic carbocycles. The molecule has 2 unspecified atom stereocenters. The average Bonchev–Trinajstić information content (AvgIpc) is 2.80. The van der Waals surface area contributed by atoms with E-state index in [9.17, 15) is 4.79 Å². The van der Waals surface area contributed by atoms with Gasteiger partial charge in [0.2, 0.25) is 0 Å². The summed E-state index contributed by atoms with van der Waals surface area (Å²) in [6, 6.07) is 19.1. The van der Waals surface area contributed by atoms with E-state index in [1.807, 2.05) is 12.1 Å². The Bertz CT molecular complexity index is 781. The summed E-state index contributed by atoms with van der Waals surface area (Å²) in [7, 11) is 0. The van der Waals surface area contributed by atoms with Crippen LogP contribution in [0.25, 0.3) is 0 Å². The van der Waals surface area contributed by atoms with Crippen molar-refractivity contribution >= 4 is 17.6 Å². The van der Waals surface area contributed by atoms with Gasteiger partial charge in [-0.3, -0.25) is 9.80 Å². The highest BCUT2D eigenvalue weighted by Crippen LogP contribution is 2.30. The van der Waals surface area contributed by atoms with E-state index in [1.165, 1.54) is 18.1 Å². The van der Waals surface area contributed by atoms with Crippen molar-refractivity contribution < 1.29 is 24.9 Å². The number of halogens is 1. The van der Waals surface area contributed by atoms with Crippen molar-refractivity contribution in [3.8, 4) is 0 Å². The Labute approximate surface area is 194 Å². The molecule has 176 valence electrons. The SMILES string of the molecule is CC(O)C(=O)O.OCCOCCN1CCN(C(c2ccccc2)c2ccc(Cl)cc2)CC1. The number of ether oxygens (including phenoxy) is 1. The zero-order valence-corrected chi connectivity index (χ0v) is 19.2. The fraction of sp³-hybridized carbons (Fsp3) is 0.458. The number of nitrogens with zero attached hydrogens (tertiary/aromatic N) is 2. The average molecular weight is 465 g/mol. The smallest absolute Gasteiger partial charge is 0.332 e. The maximum atomic E-state index is 9.45. The number of rotatable bonds is 9. The maximum Gasteiger partial charge on any atom is 0.332 e. The predicted molar refractivity (Wildman–Crippen MR) is 125 cm³/mol. The topological polar surface area (TPSA) is 93.5 Å². The Hall–Kier alpha value is -2.00. The molecule has 2 aromatic rings. The number of benzene rings is 2. The number of carbonyl (C=O) groups is 1. The number of carboxylic acids is 1. The van der Waals surface area contributed by atoms with Crippen LogP contribution in [0.3, 0.4) is 0 Å². The molecule has 0 saturated carbocycles. The third kappa shape index (κ3) is 8.86. The standard InChI is InChI=1S/C21H27ClN2O2.C3H6O3/c22-20-8-6-19(7-9-20)21(18-4-2-1-3-5-18)24-12-10-23(11-13-24)14-16-26-17-15-25;1-2(4)3(5)6/h1-9,21,25H,10-17H2;2,4H,1H3,(H,5,6). The van der Waals surface area contributed by atoms with Crippen LogP contribution in [0.4, 0.5) is 0 Å². The maximum absolute atomic E-state index is 9.45. The molecule has 8 heteroatoms. The van der Waals surface area contributed by atoms with E-state index < -0.39 is 12.1 Å². The Morgan fingerprint density at radius 2 is 1.56 bits per heavy atom. The summed E-state index contributed by atoms with van der Waals surface area (Å²) >= 11 is 6.09. The molecule has 0 bridgehead atoms. The molecule has 1 heterocycles. The van der Waals surface area contributed by atoms with Crippen molar-refractivity contribution in [2.24, 2.45) is 0 Å². The fourth-order valence-electron chi connectivity index (χ4n) is 3.50. The van der Waals surface area contributed by atoms with Crippen molar-refractivity contribution in [1.82, 2.24) is 9.80 Å². The van der Waals surface area contributed by atoms with Gasteiger partial charge < -0.3 is 20.1 Å². The van der Waals surface area contributed by atoms with Gasteiger partial charge in [-0.2, -0.15) is 0 Å². The Kier molecular flexibility index (Phi) is 11.7. The minimum atomic E-state index is -1.23. The molecule has 3 N–H and O–H groups in total. The highest BCUT2D eigenvalue weighted by Gasteiger charge is 2.26. The highest BCUT2D eigenvalue weighted by molar-refractivity contribution is 6.30. The van der Waals surface area contributed by atoms with Crippen LogP contribution in [0.2, 0.25) is 5.02 Å². The monoisotopic (exact) mass is 464 g/mol. The first-order chi connectivity index (χ1) is 15.4. The summed E-state index contributed by atoms with van der Waals surface area (Å²) in [5.74, 6) is -1.19. The lowest BCUT2D eigenvalue weighted by atomic mass is 9.96. The van der Waals surface area contributed by atoms with Gasteiger partial charge in [-0.15, -0.1) is 0 Å². The minimum Gasteiger partial charge on any atom is -0.479 e. The van der Waals surface area contributed by atoms with Crippen LogP contribution in [-0.2, 0) is 9.53 Å². The molecule has 1 aliphatic rings. The van der Waals surface area contributed by atoms with Gasteiger partial charge in [-0.25, -0.2) is 4.79 Å². The van der Waals surface area contributed by atoms with E-state index in [0.717, 1.165) is 37.7 Å². The molecule has 1 aliphatic heterocycles. The van der Waals surface area contributed by atoms with Gasteiger partial charge in [0, 0.05) is 37.7 Å². The summed E-state index contributed by atoms with van der Waals surface area (Å²) in [4.78, 5) is 14.4. The van der Waals surface area contributed by atoms with Crippen molar-refractivity contribution in [3.05, 3.63) is 70.7 Å². The van der Waals surface area contributed by atoms with Crippen LogP contribution in [0, 0.1) is 0 Å². The first-order valence-corrected chi connectivity index (χ1v) is 11.2. The number of aliphatic carboxylic acids is 1. The van der Waals surface area contributed by atoms with E-state index >= 15 is 0 Å². The molecule has 3 rings (SSSR count). The first-order valence-electron chi connectivity index (χ1n) is 10.8. The number of hydrogen-bond donors (Lipinski definition) is 3. The van der Waals surface area contributed by atoms with Crippen molar-refractivity contribution in [2.75, 3.05) is 52.5 Å². The van der Waals surface area contributed by atoms with E-state index in [4.69, 9.17) is 31.7 Å². The Morgan fingerprint density at radius 3 is 2.09 bits per heavy atom. The number of carboxylic acid groups (broad SMARTS) is 1. The molecule has 32 heavy (non-hydrogen) atoms. The van der Waals surface area contributed by atoms with Gasteiger partial charge in [-0.05, 0) is 30.2 Å². The van der Waals surface area contributed by atoms with Crippen LogP contribution >= 0.6 is 11.6 Å². The second kappa shape index (κ2) is 14.2. The summed E-state index contributed by atoms with van der Waals surface area (Å²) in [5.41, 5.74) is 2.59. The lowest BCUT2D eigenvalue weighted by Crippen LogP contribution is -2.48. The zero-order valence-electron chi connectivity index (χ0n) is 18.4. The van der Waals surface area contributed by atoms with Gasteiger partial charge in [0.15, 0.2) is 0 Å². The summed E-state index contributed by atoms with van der Waals surface area (Å²) in [6.07, 6.45) is -1.23. The Morgan fingerprint density at radius 1 is 1.00 bits per heavy atom. The lowest BCUT2D eigenvalue weighted by Gasteiger charge is -2.39. The van der Waals surface area contributed by atoms with Crippen molar-refractivity contribution in [1.29, 1.82) is 0 Å². The summed E-state index contributed by atoms with van der Waals surface area (Å²) < 4.78 is 5.39. The van der Waals surface area contributed by atoms with E-state index in [2.05, 4.69) is 52.3 Å². The number of aliphatic hydroxyl groups is 2. The fourth-order valence-corrected chi connectivity index (χ4v) is 3.63. The Balaban J connectivity index is 0.000000534. The molecule has 0 radical (unpaired) electrons. The largest absolute Gasteiger partial charge is 0.479 e. The highest BCUT2D eigenvalue weighted by atomic mass is 35.5. The molecule has 2 atom stereocenters. The van der Waals surface area contributed by atoms with Crippen LogP contribution in [0.15, 0.2) is 54.6 Å². The third-order valence-corrected chi connectivity index (χ3v) is 5.47. The zero-order chi connectivity index (χ0) is 23.3. The van der Waals surface area contributed by atoms with Gasteiger partial charge in [0.05, 0.1) is 25.9 Å². The molecule has 0 aromatic heterocycles. The van der Waals surface area contributed by atoms with E-state index in [1.54, 1.807) is 0 Å². The van der Waals surface area contributed by atoms with Crippen LogP contribution in [0.1, 0.15) is 24.1 Å². The minimum absolute atomic E-state index is 0.0909. The predicted octanol–water partition coefficient (Wildman–Crippen LogP) is 2.51. The van der Waals surface area contributed by atoms with Gasteiger partial charge in [0.25, 0.3) is 0 Å². The van der Waals surface area contributed by atoms with Gasteiger partial charge >= 0.3 is 5.97 Å². The van der Waals surface area contributed by atoms with Crippen LogP contribution < -0.4 is 0 Å². The summed E-state index contributed by atoms with van der Waals surface area (Å²) in [6.45, 7) is 7.40. The van der Waals surface area contributed by atoms with Crippen LogP contribution in [-0.4, -0.2) is 89.7 Å². The molecule has 1 fully saturated rings. The molecule has 0 aliphatic carbocycles. The van der Waals surface area contributed by atoms with Crippen LogP contribution in [0.5, 0.6) is 0 Å². The second-order valence-corrected chi connectivity index (χ2v) is 8.03. The lowest BCUT2D eigenvalue weighted by molar-refractivity contribution is -0.145. The number of aliphatic hydroxyl groups excluding tert-OH is 2. The number of piperazine rings is 1. The molecule has 7 nitrogen and oxygen atoms in total.